The summed E-state index contributed by atoms with van der Waals surface area (Å²) in [4.78, 5) is 12.5. The molecule has 0 aromatic heterocycles. The minimum absolute atomic E-state index is 0.0818. The van der Waals surface area contributed by atoms with Crippen LogP contribution in [0.5, 0.6) is 0 Å². The SMILES string of the molecule is O=C(Nc1ccc(Cl)cc1F)NC1(c2cccc(Br)c2)CCOCC1. The van der Waals surface area contributed by atoms with Gasteiger partial charge in [-0.2, -0.15) is 0 Å². The fraction of sp³-hybridized carbons (Fsp3) is 0.278. The van der Waals surface area contributed by atoms with E-state index in [2.05, 4.69) is 26.6 Å². The van der Waals surface area contributed by atoms with Crippen molar-refractivity contribution in [1.82, 2.24) is 5.32 Å². The molecule has 1 aliphatic heterocycles. The molecule has 3 rings (SSSR count). The van der Waals surface area contributed by atoms with E-state index in [0.29, 0.717) is 26.1 Å². The first-order valence-electron chi connectivity index (χ1n) is 7.86. The van der Waals surface area contributed by atoms with Gasteiger partial charge in [0.15, 0.2) is 0 Å². The number of rotatable bonds is 3. The van der Waals surface area contributed by atoms with Crippen LogP contribution in [0.2, 0.25) is 5.02 Å². The fourth-order valence-corrected chi connectivity index (χ4v) is 3.51. The minimum atomic E-state index is -0.578. The van der Waals surface area contributed by atoms with Gasteiger partial charge in [-0.3, -0.25) is 0 Å². The number of hydrogen-bond donors (Lipinski definition) is 2. The molecular weight excluding hydrogens is 411 g/mol. The van der Waals surface area contributed by atoms with Gasteiger partial charge in [-0.05, 0) is 48.7 Å². The van der Waals surface area contributed by atoms with Crippen molar-refractivity contribution in [1.29, 1.82) is 0 Å². The van der Waals surface area contributed by atoms with Crippen LogP contribution in [0.4, 0.5) is 14.9 Å². The van der Waals surface area contributed by atoms with E-state index in [9.17, 15) is 9.18 Å². The van der Waals surface area contributed by atoms with E-state index in [1.165, 1.54) is 12.1 Å². The number of hydrogen-bond acceptors (Lipinski definition) is 2. The Labute approximate surface area is 158 Å². The van der Waals surface area contributed by atoms with Crippen molar-refractivity contribution in [3.05, 3.63) is 63.3 Å². The van der Waals surface area contributed by atoms with Crippen LogP contribution in [0.15, 0.2) is 46.9 Å². The highest BCUT2D eigenvalue weighted by molar-refractivity contribution is 9.10. The molecule has 2 N–H and O–H groups in total. The molecule has 0 saturated carbocycles. The van der Waals surface area contributed by atoms with Gasteiger partial charge >= 0.3 is 6.03 Å². The summed E-state index contributed by atoms with van der Waals surface area (Å²) in [6, 6.07) is 11.5. The molecule has 1 heterocycles. The van der Waals surface area contributed by atoms with Crippen LogP contribution in [0.1, 0.15) is 18.4 Å². The Bertz CT molecular complexity index is 781. The molecule has 1 fully saturated rings. The van der Waals surface area contributed by atoms with Gasteiger partial charge < -0.3 is 15.4 Å². The maximum absolute atomic E-state index is 13.9. The zero-order valence-corrected chi connectivity index (χ0v) is 15.7. The van der Waals surface area contributed by atoms with Gasteiger partial charge in [0, 0.05) is 22.7 Å². The maximum Gasteiger partial charge on any atom is 0.320 e. The number of carbonyl (C=O) groups excluding carboxylic acids is 1. The topological polar surface area (TPSA) is 50.4 Å². The highest BCUT2D eigenvalue weighted by atomic mass is 79.9. The lowest BCUT2D eigenvalue weighted by Gasteiger charge is -2.38. The summed E-state index contributed by atoms with van der Waals surface area (Å²) >= 11 is 9.21. The van der Waals surface area contributed by atoms with E-state index >= 15 is 0 Å². The molecular formula is C18H17BrClFN2O2. The van der Waals surface area contributed by atoms with E-state index < -0.39 is 17.4 Å². The average Bonchev–Trinajstić information content (AvgIpc) is 2.58. The van der Waals surface area contributed by atoms with Gasteiger partial charge in [0.05, 0.1) is 11.2 Å². The Balaban J connectivity index is 1.81. The molecule has 0 spiro atoms. The molecule has 0 bridgehead atoms. The van der Waals surface area contributed by atoms with E-state index in [4.69, 9.17) is 16.3 Å². The summed E-state index contributed by atoms with van der Waals surface area (Å²) in [5, 5.41) is 5.85. The van der Waals surface area contributed by atoms with Crippen LogP contribution in [-0.2, 0) is 10.3 Å². The smallest absolute Gasteiger partial charge is 0.320 e. The number of nitrogens with one attached hydrogen (secondary N) is 2. The maximum atomic E-state index is 13.9. The van der Waals surface area contributed by atoms with Gasteiger partial charge in [-0.15, -0.1) is 0 Å². The van der Waals surface area contributed by atoms with Crippen LogP contribution < -0.4 is 10.6 Å². The average molecular weight is 428 g/mol. The van der Waals surface area contributed by atoms with E-state index in [0.717, 1.165) is 16.1 Å². The lowest BCUT2D eigenvalue weighted by molar-refractivity contribution is 0.0417. The number of halogens is 3. The highest BCUT2D eigenvalue weighted by Gasteiger charge is 2.36. The van der Waals surface area contributed by atoms with Gasteiger partial charge in [-0.1, -0.05) is 39.7 Å². The number of anilines is 1. The van der Waals surface area contributed by atoms with Crippen molar-refractivity contribution in [3.63, 3.8) is 0 Å². The predicted octanol–water partition coefficient (Wildman–Crippen LogP) is 5.07. The summed E-state index contributed by atoms with van der Waals surface area (Å²) in [6.07, 6.45) is 1.28. The molecule has 1 aliphatic rings. The molecule has 25 heavy (non-hydrogen) atoms. The zero-order valence-electron chi connectivity index (χ0n) is 13.3. The third kappa shape index (κ3) is 4.32. The number of ether oxygens (including phenoxy) is 1. The minimum Gasteiger partial charge on any atom is -0.381 e. The molecule has 7 heteroatoms. The summed E-state index contributed by atoms with van der Waals surface area (Å²) in [5.41, 5.74) is 0.505. The molecule has 2 amide bonds. The largest absolute Gasteiger partial charge is 0.381 e. The van der Waals surface area contributed by atoms with E-state index in [-0.39, 0.29) is 10.7 Å². The van der Waals surface area contributed by atoms with Crippen molar-refractivity contribution in [3.8, 4) is 0 Å². The van der Waals surface area contributed by atoms with Crippen molar-refractivity contribution in [2.24, 2.45) is 0 Å². The highest BCUT2D eigenvalue weighted by Crippen LogP contribution is 2.33. The molecule has 4 nitrogen and oxygen atoms in total. The molecule has 2 aromatic rings. The molecule has 0 atom stereocenters. The fourth-order valence-electron chi connectivity index (χ4n) is 2.95. The monoisotopic (exact) mass is 426 g/mol. The first kappa shape index (κ1) is 18.2. The van der Waals surface area contributed by atoms with Crippen molar-refractivity contribution >= 4 is 39.2 Å². The third-order valence-electron chi connectivity index (χ3n) is 4.26. The molecule has 0 unspecified atom stereocenters. The Hall–Kier alpha value is -1.63. The first-order valence-corrected chi connectivity index (χ1v) is 9.04. The van der Waals surface area contributed by atoms with Crippen LogP contribution in [0, 0.1) is 5.82 Å². The van der Waals surface area contributed by atoms with Gasteiger partial charge in [-0.25, -0.2) is 9.18 Å². The van der Waals surface area contributed by atoms with E-state index in [1.807, 2.05) is 24.3 Å². The Morgan fingerprint density at radius 1 is 1.20 bits per heavy atom. The zero-order chi connectivity index (χ0) is 17.9. The Kier molecular flexibility index (Phi) is 5.61. The second-order valence-electron chi connectivity index (χ2n) is 5.91. The summed E-state index contributed by atoms with van der Waals surface area (Å²) in [6.45, 7) is 1.09. The van der Waals surface area contributed by atoms with Crippen LogP contribution in [-0.4, -0.2) is 19.2 Å². The Morgan fingerprint density at radius 3 is 2.64 bits per heavy atom. The number of urea groups is 1. The van der Waals surface area contributed by atoms with Crippen molar-refractivity contribution in [2.45, 2.75) is 18.4 Å². The summed E-state index contributed by atoms with van der Waals surface area (Å²) in [7, 11) is 0. The Morgan fingerprint density at radius 2 is 1.96 bits per heavy atom. The quantitative estimate of drug-likeness (QED) is 0.718. The van der Waals surface area contributed by atoms with E-state index in [1.54, 1.807) is 0 Å². The lowest BCUT2D eigenvalue weighted by Crippen LogP contribution is -2.51. The standard InChI is InChI=1S/C18H17BrClFN2O2/c19-13-3-1-2-12(10-13)18(6-8-25-9-7-18)23-17(24)22-16-5-4-14(20)11-15(16)21/h1-5,10-11H,6-9H2,(H2,22,23,24). The summed E-state index contributed by atoms with van der Waals surface area (Å²) < 4.78 is 20.3. The third-order valence-corrected chi connectivity index (χ3v) is 4.98. The molecule has 132 valence electrons. The second kappa shape index (κ2) is 7.72. The van der Waals surface area contributed by atoms with Crippen LogP contribution >= 0.6 is 27.5 Å². The normalized spacial score (nSPS) is 16.3. The molecule has 0 aliphatic carbocycles. The molecule has 0 radical (unpaired) electrons. The number of benzene rings is 2. The van der Waals surface area contributed by atoms with Gasteiger partial charge in [0.25, 0.3) is 0 Å². The van der Waals surface area contributed by atoms with Gasteiger partial charge in [0.1, 0.15) is 5.82 Å². The molecule has 2 aromatic carbocycles. The number of amides is 2. The van der Waals surface area contributed by atoms with Crippen LogP contribution in [0.3, 0.4) is 0 Å². The second-order valence-corrected chi connectivity index (χ2v) is 7.26. The first-order chi connectivity index (χ1) is 12.0. The lowest BCUT2D eigenvalue weighted by atomic mass is 9.83. The van der Waals surface area contributed by atoms with Crippen molar-refractivity contribution in [2.75, 3.05) is 18.5 Å². The van der Waals surface area contributed by atoms with Crippen molar-refractivity contribution < 1.29 is 13.9 Å². The van der Waals surface area contributed by atoms with Crippen LogP contribution in [0.25, 0.3) is 0 Å². The van der Waals surface area contributed by atoms with Gasteiger partial charge in [0.2, 0.25) is 0 Å². The number of carbonyl (C=O) groups is 1. The predicted molar refractivity (Wildman–Crippen MR) is 99.4 cm³/mol. The molecule has 1 saturated heterocycles. The summed E-state index contributed by atoms with van der Waals surface area (Å²) in [5.74, 6) is -0.578.